The minimum atomic E-state index is -0.379. The van der Waals surface area contributed by atoms with Crippen molar-refractivity contribution >= 4 is 5.97 Å². The van der Waals surface area contributed by atoms with Crippen molar-refractivity contribution in [2.75, 3.05) is 6.61 Å². The molecule has 0 saturated heterocycles. The van der Waals surface area contributed by atoms with E-state index in [1.165, 1.54) is 6.42 Å². The molecular weight excluding hydrogens is 244 g/mol. The fraction of sp³-hybridized carbons (Fsp3) is 0.933. The third kappa shape index (κ3) is 13.6. The minimum Gasteiger partial charge on any atom is -0.393 e. The predicted molar refractivity (Wildman–Crippen MR) is 75.5 cm³/mol. The van der Waals surface area contributed by atoms with Crippen molar-refractivity contribution in [1.29, 1.82) is 0 Å². The normalized spacial score (nSPS) is 13.3. The molecule has 0 heterocycles. The van der Waals surface area contributed by atoms with Crippen LogP contribution >= 0.6 is 0 Å². The van der Waals surface area contributed by atoms with Crippen LogP contribution in [-0.4, -0.2) is 23.8 Å². The molecule has 0 aromatic rings. The molecule has 0 radical (unpaired) electrons. The summed E-state index contributed by atoms with van der Waals surface area (Å²) in [5.74, 6) is -0.318. The largest absolute Gasteiger partial charge is 0.393 e. The average Bonchev–Trinajstić information content (AvgIpc) is 2.32. The summed E-state index contributed by atoms with van der Waals surface area (Å²) in [7, 11) is 0. The van der Waals surface area contributed by atoms with Crippen LogP contribution in [0.1, 0.15) is 72.6 Å². The van der Waals surface area contributed by atoms with Crippen LogP contribution < -0.4 is 0 Å². The molecule has 4 heteroatoms. The molecule has 0 aliphatic rings. The number of aliphatic hydroxyl groups excluding tert-OH is 1. The molecule has 1 N–H and O–H groups in total. The molecule has 1 unspecified atom stereocenters. The summed E-state index contributed by atoms with van der Waals surface area (Å²) in [6, 6.07) is 0. The van der Waals surface area contributed by atoms with Crippen molar-refractivity contribution < 1.29 is 19.7 Å². The maximum absolute atomic E-state index is 11.3. The molecule has 0 rings (SSSR count). The van der Waals surface area contributed by atoms with Gasteiger partial charge in [-0.1, -0.05) is 40.5 Å². The first-order chi connectivity index (χ1) is 8.85. The molecule has 0 aromatic heterocycles. The SMILES string of the molecule is CCC(O)CCOOC(=O)CCCCCC(C)(C)C. The van der Waals surface area contributed by atoms with Gasteiger partial charge in [0.2, 0.25) is 0 Å². The number of rotatable bonds is 10. The van der Waals surface area contributed by atoms with Gasteiger partial charge in [-0.15, -0.1) is 0 Å². The Kier molecular flexibility index (Phi) is 9.88. The van der Waals surface area contributed by atoms with E-state index in [-0.39, 0.29) is 18.7 Å². The van der Waals surface area contributed by atoms with Gasteiger partial charge in [0.1, 0.15) is 0 Å². The highest BCUT2D eigenvalue weighted by Crippen LogP contribution is 2.22. The van der Waals surface area contributed by atoms with E-state index in [1.807, 2.05) is 6.92 Å². The molecule has 19 heavy (non-hydrogen) atoms. The van der Waals surface area contributed by atoms with Crippen LogP contribution in [0.4, 0.5) is 0 Å². The molecule has 0 aliphatic heterocycles. The Hall–Kier alpha value is -0.610. The Balaban J connectivity index is 3.35. The van der Waals surface area contributed by atoms with Gasteiger partial charge in [0.25, 0.3) is 0 Å². The Labute approximate surface area is 117 Å². The summed E-state index contributed by atoms with van der Waals surface area (Å²) in [6.45, 7) is 8.82. The molecule has 0 aliphatic carbocycles. The van der Waals surface area contributed by atoms with E-state index in [2.05, 4.69) is 25.7 Å². The van der Waals surface area contributed by atoms with Gasteiger partial charge in [-0.2, -0.15) is 4.89 Å². The lowest BCUT2D eigenvalue weighted by atomic mass is 9.89. The van der Waals surface area contributed by atoms with Gasteiger partial charge in [-0.25, -0.2) is 4.79 Å². The predicted octanol–water partition coefficient (Wildman–Crippen LogP) is 3.62. The number of hydrogen-bond donors (Lipinski definition) is 1. The highest BCUT2D eigenvalue weighted by Gasteiger charge is 2.10. The fourth-order valence-electron chi connectivity index (χ4n) is 1.64. The zero-order valence-corrected chi connectivity index (χ0v) is 12.9. The summed E-state index contributed by atoms with van der Waals surface area (Å²) in [4.78, 5) is 20.7. The molecule has 0 spiro atoms. The first-order valence-corrected chi connectivity index (χ1v) is 7.35. The molecule has 114 valence electrons. The lowest BCUT2D eigenvalue weighted by molar-refractivity contribution is -0.274. The molecular formula is C15H30O4. The smallest absolute Gasteiger partial charge is 0.342 e. The van der Waals surface area contributed by atoms with Gasteiger partial charge in [0.15, 0.2) is 0 Å². The standard InChI is InChI=1S/C15H30O4/c1-5-13(16)10-12-18-19-14(17)9-7-6-8-11-15(2,3)4/h13,16H,5-12H2,1-4H3. The Morgan fingerprint density at radius 3 is 2.47 bits per heavy atom. The molecule has 0 amide bonds. The summed E-state index contributed by atoms with van der Waals surface area (Å²) >= 11 is 0. The number of aliphatic hydroxyl groups is 1. The lowest BCUT2D eigenvalue weighted by Crippen LogP contribution is -2.11. The lowest BCUT2D eigenvalue weighted by Gasteiger charge is -2.17. The second kappa shape index (κ2) is 10.2. The van der Waals surface area contributed by atoms with Crippen LogP contribution in [0.2, 0.25) is 0 Å². The third-order valence-electron chi connectivity index (χ3n) is 2.97. The second-order valence-corrected chi connectivity index (χ2v) is 6.25. The molecule has 1 atom stereocenters. The summed E-state index contributed by atoms with van der Waals surface area (Å²) in [5, 5.41) is 9.27. The van der Waals surface area contributed by atoms with E-state index in [9.17, 15) is 9.90 Å². The van der Waals surface area contributed by atoms with E-state index in [1.54, 1.807) is 0 Å². The third-order valence-corrected chi connectivity index (χ3v) is 2.97. The van der Waals surface area contributed by atoms with Crippen molar-refractivity contribution in [2.45, 2.75) is 78.7 Å². The zero-order valence-electron chi connectivity index (χ0n) is 12.9. The van der Waals surface area contributed by atoms with Gasteiger partial charge < -0.3 is 5.11 Å². The van der Waals surface area contributed by atoms with Crippen molar-refractivity contribution in [3.63, 3.8) is 0 Å². The second-order valence-electron chi connectivity index (χ2n) is 6.25. The van der Waals surface area contributed by atoms with Gasteiger partial charge in [0.05, 0.1) is 12.7 Å². The van der Waals surface area contributed by atoms with E-state index < -0.39 is 0 Å². The molecule has 0 fully saturated rings. The molecule has 0 saturated carbocycles. The number of hydrogen-bond acceptors (Lipinski definition) is 4. The maximum atomic E-state index is 11.3. The number of unbranched alkanes of at least 4 members (excludes halogenated alkanes) is 2. The van der Waals surface area contributed by atoms with Crippen molar-refractivity contribution in [3.05, 3.63) is 0 Å². The van der Waals surface area contributed by atoms with Crippen LogP contribution in [0, 0.1) is 5.41 Å². The fourth-order valence-corrected chi connectivity index (χ4v) is 1.64. The zero-order chi connectivity index (χ0) is 14.7. The van der Waals surface area contributed by atoms with Crippen LogP contribution in [0.15, 0.2) is 0 Å². The van der Waals surface area contributed by atoms with E-state index in [0.717, 1.165) is 19.3 Å². The van der Waals surface area contributed by atoms with Crippen LogP contribution in [0.25, 0.3) is 0 Å². The van der Waals surface area contributed by atoms with Crippen molar-refractivity contribution in [2.24, 2.45) is 5.41 Å². The number of carbonyl (C=O) groups excluding carboxylic acids is 1. The monoisotopic (exact) mass is 274 g/mol. The number of carbonyl (C=O) groups is 1. The minimum absolute atomic E-state index is 0.255. The first-order valence-electron chi connectivity index (χ1n) is 7.35. The van der Waals surface area contributed by atoms with Crippen LogP contribution in [0.5, 0.6) is 0 Å². The van der Waals surface area contributed by atoms with Crippen LogP contribution in [0.3, 0.4) is 0 Å². The Morgan fingerprint density at radius 1 is 1.21 bits per heavy atom. The highest BCUT2D eigenvalue weighted by molar-refractivity contribution is 5.68. The van der Waals surface area contributed by atoms with Crippen molar-refractivity contribution in [1.82, 2.24) is 0 Å². The summed E-state index contributed by atoms with van der Waals surface area (Å²) in [6.07, 6.45) is 5.40. The molecule has 0 bridgehead atoms. The molecule has 4 nitrogen and oxygen atoms in total. The summed E-state index contributed by atoms with van der Waals surface area (Å²) < 4.78 is 0. The molecule has 0 aromatic carbocycles. The topological polar surface area (TPSA) is 55.8 Å². The highest BCUT2D eigenvalue weighted by atomic mass is 17.2. The van der Waals surface area contributed by atoms with Gasteiger partial charge in [0, 0.05) is 12.8 Å². The maximum Gasteiger partial charge on any atom is 0.342 e. The Morgan fingerprint density at radius 2 is 1.89 bits per heavy atom. The van der Waals surface area contributed by atoms with Crippen molar-refractivity contribution in [3.8, 4) is 0 Å². The van der Waals surface area contributed by atoms with Crippen LogP contribution in [-0.2, 0) is 14.6 Å². The first kappa shape index (κ1) is 18.4. The quantitative estimate of drug-likeness (QED) is 0.375. The Bertz CT molecular complexity index is 233. The van der Waals surface area contributed by atoms with Gasteiger partial charge in [-0.3, -0.25) is 4.89 Å². The van der Waals surface area contributed by atoms with Gasteiger partial charge >= 0.3 is 5.97 Å². The van der Waals surface area contributed by atoms with E-state index >= 15 is 0 Å². The van der Waals surface area contributed by atoms with E-state index in [4.69, 9.17) is 4.89 Å². The average molecular weight is 274 g/mol. The van der Waals surface area contributed by atoms with Gasteiger partial charge in [-0.05, 0) is 24.7 Å². The summed E-state index contributed by atoms with van der Waals surface area (Å²) in [5.41, 5.74) is 0.365. The van der Waals surface area contributed by atoms with E-state index in [0.29, 0.717) is 24.7 Å².